The van der Waals surface area contributed by atoms with Crippen LogP contribution in [0.2, 0.25) is 0 Å². The molecule has 31 heteroatoms. The lowest BCUT2D eigenvalue weighted by molar-refractivity contribution is -0.301. The molecule has 0 aromatic heterocycles. The number of carbonyl (C=O) groups is 4. The minimum atomic E-state index is -1.79. The molecular formula is C44H79N5O26. The summed E-state index contributed by atoms with van der Waals surface area (Å²) in [7, 11) is 0. The molecule has 31 nitrogen and oxygen atoms in total. The maximum Gasteiger partial charge on any atom is 0.236 e. The average molecular weight is 1090 g/mol. The van der Waals surface area contributed by atoms with E-state index in [1.807, 2.05) is 0 Å². The quantitative estimate of drug-likeness (QED) is 0.0278. The highest BCUT2D eigenvalue weighted by Gasteiger charge is 2.46. The fourth-order valence-corrected chi connectivity index (χ4v) is 8.45. The lowest BCUT2D eigenvalue weighted by Crippen LogP contribution is -2.59. The van der Waals surface area contributed by atoms with Crippen molar-refractivity contribution < 1.29 is 129 Å². The highest BCUT2D eigenvalue weighted by atomic mass is 16.7. The first-order chi connectivity index (χ1) is 35.7. The number of primary amides is 1. The Morgan fingerprint density at radius 3 is 1.41 bits per heavy atom. The molecular weight excluding hydrogens is 1010 g/mol. The Hall–Kier alpha value is -3.04. The minimum Gasteiger partial charge on any atom is -0.394 e. The molecule has 4 aliphatic rings. The van der Waals surface area contributed by atoms with Gasteiger partial charge in [-0.3, -0.25) is 24.1 Å². The Kier molecular flexibility index (Phi) is 28.2. The normalized spacial score (nSPS) is 34.3. The number of ether oxygens (including phenoxy) is 8. The van der Waals surface area contributed by atoms with Gasteiger partial charge in [0, 0.05) is 52.0 Å². The Bertz CT molecular complexity index is 1700. The number of aliphatic hydroxyl groups is 14. The molecule has 0 saturated carbocycles. The van der Waals surface area contributed by atoms with E-state index >= 15 is 0 Å². The van der Waals surface area contributed by atoms with Crippen molar-refractivity contribution >= 4 is 23.6 Å². The van der Waals surface area contributed by atoms with Gasteiger partial charge in [-0.1, -0.05) is 6.42 Å². The van der Waals surface area contributed by atoms with Crippen LogP contribution in [0.15, 0.2) is 0 Å². The second-order valence-electron chi connectivity index (χ2n) is 18.6. The largest absolute Gasteiger partial charge is 0.394 e. The van der Waals surface area contributed by atoms with Crippen molar-refractivity contribution in [3.63, 3.8) is 0 Å². The molecule has 11 unspecified atom stereocenters. The molecule has 0 spiro atoms. The summed E-state index contributed by atoms with van der Waals surface area (Å²) in [6.07, 6.45) is -25.4. The second kappa shape index (κ2) is 32.8. The number of unbranched alkanes of at least 4 members (excludes halogenated alkanes) is 2. The van der Waals surface area contributed by atoms with Crippen molar-refractivity contribution in [3.05, 3.63) is 0 Å². The SMILES string of the molecule is NC(=O)CCCCCNC(=O)CN(CC(=O)N(CCO[C@@H]1CC(O)[C@H](O)C(CO)O1)CCO[C@H]1OC(CO)[C@@H](O)C(O)C1O)CC(=O)N(CCO[C@H]1OC(CO)CC(O)C1O)CCO[C@H]1OC(CO)[C@@H](O)C(O)C1O. The first kappa shape index (κ1) is 64.5. The van der Waals surface area contributed by atoms with Gasteiger partial charge < -0.3 is 130 Å². The van der Waals surface area contributed by atoms with Gasteiger partial charge >= 0.3 is 0 Å². The van der Waals surface area contributed by atoms with Crippen molar-refractivity contribution in [2.75, 3.05) is 105 Å². The maximum atomic E-state index is 14.4. The Balaban J connectivity index is 1.55. The molecule has 4 rings (SSSR count). The third-order valence-corrected chi connectivity index (χ3v) is 12.9. The summed E-state index contributed by atoms with van der Waals surface area (Å²) in [4.78, 5) is 56.9. The van der Waals surface area contributed by atoms with Crippen LogP contribution in [0.4, 0.5) is 0 Å². The van der Waals surface area contributed by atoms with Crippen LogP contribution in [0.25, 0.3) is 0 Å². The second-order valence-corrected chi connectivity index (χ2v) is 18.6. The number of hydrogen-bond acceptors (Lipinski definition) is 27. The van der Waals surface area contributed by atoms with Crippen molar-refractivity contribution in [2.45, 2.75) is 149 Å². The summed E-state index contributed by atoms with van der Waals surface area (Å²) >= 11 is 0. The molecule has 0 bridgehead atoms. The number of carbonyl (C=O) groups excluding carboxylic acids is 4. The Morgan fingerprint density at radius 1 is 0.493 bits per heavy atom. The number of nitrogens with two attached hydrogens (primary N) is 1. The standard InChI is InChI=1S/C44H79N5O26/c45-29(56)4-2-1-3-5-46-30(57)16-47(17-31(58)48(6-10-68-33-15-25(55)34(60)26(20-51)73-33)8-12-70-43-40(66)38(64)36(62)27(21-52)74-43)18-32(59)49(7-11-69-42-35(61)24(54)14-23(19-50)72-42)9-13-71-44-41(67)39(65)37(63)28(22-53)75-44/h23-28,33-44,50-55,60-67H,1-22H2,(H2,45,56)(H,46,57)/t23?,24?,25?,26?,27?,28?,33-,34-,35?,36+,37+,38?,39?,40?,41?,42-,43-,44-/m0/s1. The van der Waals surface area contributed by atoms with Gasteiger partial charge in [-0.25, -0.2) is 0 Å². The molecule has 4 aliphatic heterocycles. The lowest BCUT2D eigenvalue weighted by Gasteiger charge is -2.40. The number of rotatable bonds is 32. The third kappa shape index (κ3) is 20.0. The van der Waals surface area contributed by atoms with E-state index in [0.29, 0.717) is 19.3 Å². The molecule has 436 valence electrons. The zero-order valence-corrected chi connectivity index (χ0v) is 41.5. The number of hydrogen-bond donors (Lipinski definition) is 16. The van der Waals surface area contributed by atoms with E-state index < -0.39 is 194 Å². The summed E-state index contributed by atoms with van der Waals surface area (Å²) in [6.45, 7) is -7.20. The monoisotopic (exact) mass is 1090 g/mol. The van der Waals surface area contributed by atoms with Crippen molar-refractivity contribution in [1.82, 2.24) is 20.0 Å². The van der Waals surface area contributed by atoms with Gasteiger partial charge in [0.1, 0.15) is 67.1 Å². The molecule has 18 atom stereocenters. The van der Waals surface area contributed by atoms with Gasteiger partial charge in [-0.15, -0.1) is 0 Å². The van der Waals surface area contributed by atoms with Crippen molar-refractivity contribution in [1.29, 1.82) is 0 Å². The van der Waals surface area contributed by atoms with E-state index in [-0.39, 0.29) is 65.2 Å². The number of amides is 4. The fraction of sp³-hybridized carbons (Fsp3) is 0.909. The van der Waals surface area contributed by atoms with Crippen LogP contribution < -0.4 is 11.1 Å². The van der Waals surface area contributed by atoms with Crippen LogP contribution in [-0.2, 0) is 57.1 Å². The van der Waals surface area contributed by atoms with Gasteiger partial charge in [0.15, 0.2) is 25.2 Å². The topological polar surface area (TPSA) is 473 Å². The van der Waals surface area contributed by atoms with Crippen molar-refractivity contribution in [2.24, 2.45) is 5.73 Å². The molecule has 4 heterocycles. The van der Waals surface area contributed by atoms with Crippen molar-refractivity contribution in [3.8, 4) is 0 Å². The van der Waals surface area contributed by atoms with Crippen LogP contribution >= 0.6 is 0 Å². The average Bonchev–Trinajstić information content (AvgIpc) is 3.38. The van der Waals surface area contributed by atoms with E-state index in [9.17, 15) is 90.7 Å². The zero-order valence-electron chi connectivity index (χ0n) is 41.5. The summed E-state index contributed by atoms with van der Waals surface area (Å²) in [5.74, 6) is -2.65. The van der Waals surface area contributed by atoms with Gasteiger partial charge in [0.25, 0.3) is 0 Å². The molecule has 4 amide bonds. The number of nitrogens with one attached hydrogen (secondary N) is 1. The van der Waals surface area contributed by atoms with Gasteiger partial charge in [-0.05, 0) is 12.8 Å². The zero-order chi connectivity index (χ0) is 55.4. The van der Waals surface area contributed by atoms with E-state index in [1.165, 1.54) is 9.80 Å². The first-order valence-corrected chi connectivity index (χ1v) is 24.9. The van der Waals surface area contributed by atoms with Gasteiger partial charge in [-0.2, -0.15) is 0 Å². The highest BCUT2D eigenvalue weighted by Crippen LogP contribution is 2.25. The number of nitrogens with zero attached hydrogens (tertiary/aromatic N) is 3. The molecule has 0 aromatic rings. The highest BCUT2D eigenvalue weighted by molar-refractivity contribution is 5.84. The maximum absolute atomic E-state index is 14.4. The van der Waals surface area contributed by atoms with E-state index in [2.05, 4.69) is 5.32 Å². The summed E-state index contributed by atoms with van der Waals surface area (Å²) < 4.78 is 44.6. The van der Waals surface area contributed by atoms with Crippen LogP contribution in [0, 0.1) is 0 Å². The minimum absolute atomic E-state index is 0.0975. The lowest BCUT2D eigenvalue weighted by atomic mass is 9.99. The molecule has 4 saturated heterocycles. The predicted molar refractivity (Wildman–Crippen MR) is 246 cm³/mol. The molecule has 75 heavy (non-hydrogen) atoms. The number of aliphatic hydroxyl groups excluding tert-OH is 14. The third-order valence-electron chi connectivity index (χ3n) is 12.9. The molecule has 0 radical (unpaired) electrons. The van der Waals surface area contributed by atoms with Crippen LogP contribution in [0.3, 0.4) is 0 Å². The molecule has 4 fully saturated rings. The summed E-state index contributed by atoms with van der Waals surface area (Å²) in [5.41, 5.74) is 5.22. The molecule has 0 aliphatic carbocycles. The Labute approximate surface area is 431 Å². The summed E-state index contributed by atoms with van der Waals surface area (Å²) in [5, 5.41) is 145. The van der Waals surface area contributed by atoms with E-state index in [0.717, 1.165) is 4.90 Å². The smallest absolute Gasteiger partial charge is 0.236 e. The first-order valence-electron chi connectivity index (χ1n) is 24.9. The van der Waals surface area contributed by atoms with Crippen LogP contribution in [0.1, 0.15) is 38.5 Å². The molecule has 17 N–H and O–H groups in total. The van der Waals surface area contributed by atoms with Gasteiger partial charge in [0.2, 0.25) is 23.6 Å². The van der Waals surface area contributed by atoms with Crippen LogP contribution in [0.5, 0.6) is 0 Å². The molecule has 0 aromatic carbocycles. The van der Waals surface area contributed by atoms with E-state index in [4.69, 9.17) is 43.6 Å². The summed E-state index contributed by atoms with van der Waals surface area (Å²) in [6, 6.07) is 0. The Morgan fingerprint density at radius 2 is 0.947 bits per heavy atom. The van der Waals surface area contributed by atoms with Crippen LogP contribution in [-0.4, -0.2) is 326 Å². The predicted octanol–water partition coefficient (Wildman–Crippen LogP) is -10.6. The fourth-order valence-electron chi connectivity index (χ4n) is 8.45. The van der Waals surface area contributed by atoms with E-state index in [1.54, 1.807) is 0 Å². The van der Waals surface area contributed by atoms with Gasteiger partial charge in [0.05, 0.1) is 90.8 Å².